The van der Waals surface area contributed by atoms with Gasteiger partial charge in [-0.05, 0) is 48.4 Å². The molecule has 7 nitrogen and oxygen atoms in total. The molecule has 2 N–H and O–H groups in total. The van der Waals surface area contributed by atoms with Crippen LogP contribution in [0.4, 0.5) is 0 Å². The maximum absolute atomic E-state index is 13.9. The molecule has 37 heavy (non-hydrogen) atoms. The summed E-state index contributed by atoms with van der Waals surface area (Å²) in [6.45, 7) is 1.67. The summed E-state index contributed by atoms with van der Waals surface area (Å²) in [5.74, 6) is -1.64. The predicted octanol–water partition coefficient (Wildman–Crippen LogP) is 4.05. The Kier molecular flexibility index (Phi) is 8.06. The van der Waals surface area contributed by atoms with Gasteiger partial charge in [-0.15, -0.1) is 11.3 Å². The fourth-order valence-corrected chi connectivity index (χ4v) is 6.08. The number of methoxy groups -OCH3 is 1. The molecule has 1 aliphatic rings. The smallest absolute Gasteiger partial charge is 0.343 e. The number of nitrogens with zero attached hydrogens (tertiary/aromatic N) is 1. The van der Waals surface area contributed by atoms with Gasteiger partial charge in [0.1, 0.15) is 10.2 Å². The lowest BCUT2D eigenvalue weighted by atomic mass is 9.92. The minimum absolute atomic E-state index is 0.0462. The second-order valence-corrected chi connectivity index (χ2v) is 10.5. The summed E-state index contributed by atoms with van der Waals surface area (Å²) in [5, 5.41) is 1.29. The van der Waals surface area contributed by atoms with Crippen LogP contribution in [0.5, 0.6) is 0 Å². The molecule has 1 aliphatic heterocycles. The number of halogens is 4. The van der Waals surface area contributed by atoms with Gasteiger partial charge < -0.3 is 15.2 Å². The van der Waals surface area contributed by atoms with Gasteiger partial charge >= 0.3 is 11.9 Å². The van der Waals surface area contributed by atoms with Gasteiger partial charge in [-0.1, -0.05) is 58.5 Å². The highest BCUT2D eigenvalue weighted by Gasteiger charge is 2.39. The molecule has 0 saturated carbocycles. The fraction of sp³-hybridized carbons (Fsp3) is 0.160. The van der Waals surface area contributed by atoms with Crippen LogP contribution in [0.25, 0.3) is 11.6 Å². The Labute approximate surface area is 234 Å². The van der Waals surface area contributed by atoms with Crippen molar-refractivity contribution < 1.29 is 19.1 Å². The van der Waals surface area contributed by atoms with Crippen LogP contribution < -0.4 is 20.5 Å². The largest absolute Gasteiger partial charge is 0.466 e. The van der Waals surface area contributed by atoms with Crippen molar-refractivity contribution >= 4 is 81.3 Å². The number of carbonyl (C=O) groups is 2. The van der Waals surface area contributed by atoms with Crippen LogP contribution in [-0.4, -0.2) is 30.2 Å². The Morgan fingerprint density at radius 2 is 1.70 bits per heavy atom. The Morgan fingerprint density at radius 3 is 2.30 bits per heavy atom. The standard InChI is InChI=1S/C25H18Cl4N2O5S/c1-3-36-25(34)19-20(30)18(24(33)35-2)21(14-7-6-13(27)10-16(14)29)31-22(32)17(37-23(19)31)8-11-4-5-12(26)9-15(11)28/h4-10,21H,3,30H2,1-2H3/b17-8+/t21-/m0/s1. The molecule has 2 aromatic carbocycles. The average Bonchev–Trinajstić information content (AvgIpc) is 3.15. The minimum atomic E-state index is -1.11. The second kappa shape index (κ2) is 10.9. The van der Waals surface area contributed by atoms with Gasteiger partial charge in [0, 0.05) is 20.1 Å². The van der Waals surface area contributed by atoms with Crippen molar-refractivity contribution in [1.29, 1.82) is 0 Å². The van der Waals surface area contributed by atoms with E-state index in [1.54, 1.807) is 43.3 Å². The van der Waals surface area contributed by atoms with Crippen LogP contribution in [0.15, 0.2) is 52.5 Å². The Balaban J connectivity index is 2.15. The van der Waals surface area contributed by atoms with Crippen LogP contribution in [0.3, 0.4) is 0 Å². The van der Waals surface area contributed by atoms with E-state index >= 15 is 0 Å². The maximum atomic E-state index is 13.9. The van der Waals surface area contributed by atoms with Crippen LogP contribution in [0.2, 0.25) is 20.1 Å². The lowest BCUT2D eigenvalue weighted by molar-refractivity contribution is -0.136. The first-order chi connectivity index (χ1) is 17.6. The van der Waals surface area contributed by atoms with Crippen molar-refractivity contribution in [2.45, 2.75) is 13.0 Å². The van der Waals surface area contributed by atoms with Gasteiger partial charge in [0.2, 0.25) is 0 Å². The number of rotatable bonds is 5. The Morgan fingerprint density at radius 1 is 1.05 bits per heavy atom. The van der Waals surface area contributed by atoms with Gasteiger partial charge in [-0.3, -0.25) is 9.36 Å². The Hall–Kier alpha value is -2.75. The summed E-state index contributed by atoms with van der Waals surface area (Å²) in [5.41, 5.74) is 6.33. The number of hydrogen-bond acceptors (Lipinski definition) is 7. The van der Waals surface area contributed by atoms with Gasteiger partial charge in [0.05, 0.1) is 35.6 Å². The molecule has 0 fully saturated rings. The van der Waals surface area contributed by atoms with Crippen LogP contribution in [0.1, 0.15) is 24.1 Å². The molecule has 3 aromatic rings. The molecule has 0 spiro atoms. The topological polar surface area (TPSA) is 101 Å². The number of aromatic nitrogens is 1. The van der Waals surface area contributed by atoms with E-state index in [9.17, 15) is 14.4 Å². The highest BCUT2D eigenvalue weighted by atomic mass is 35.5. The molecule has 0 radical (unpaired) electrons. The number of nitrogens with two attached hydrogens (primary N) is 1. The number of carbonyl (C=O) groups excluding carboxylic acids is 2. The number of fused-ring (bicyclic) bond motifs is 1. The lowest BCUT2D eigenvalue weighted by Crippen LogP contribution is -2.43. The van der Waals surface area contributed by atoms with E-state index in [1.807, 2.05) is 0 Å². The van der Waals surface area contributed by atoms with E-state index in [2.05, 4.69) is 0 Å². The van der Waals surface area contributed by atoms with Crippen LogP contribution >= 0.6 is 57.7 Å². The van der Waals surface area contributed by atoms with Crippen molar-refractivity contribution in [2.24, 2.45) is 5.73 Å². The summed E-state index contributed by atoms with van der Waals surface area (Å²) in [6.07, 6.45) is 1.56. The van der Waals surface area contributed by atoms with Crippen molar-refractivity contribution in [3.63, 3.8) is 0 Å². The third kappa shape index (κ3) is 5.04. The molecule has 0 aliphatic carbocycles. The number of esters is 2. The monoisotopic (exact) mass is 598 g/mol. The number of ether oxygens (including phenoxy) is 2. The van der Waals surface area contributed by atoms with Crippen molar-refractivity contribution in [3.05, 3.63) is 98.4 Å². The van der Waals surface area contributed by atoms with E-state index < -0.39 is 23.5 Å². The number of thiazole rings is 1. The van der Waals surface area contributed by atoms with E-state index in [0.717, 1.165) is 11.3 Å². The van der Waals surface area contributed by atoms with Crippen LogP contribution in [-0.2, 0) is 19.1 Å². The molecule has 1 atom stereocenters. The molecule has 0 bridgehead atoms. The third-order valence-electron chi connectivity index (χ3n) is 5.55. The zero-order chi connectivity index (χ0) is 27.0. The average molecular weight is 600 g/mol. The first-order valence-corrected chi connectivity index (χ1v) is 13.0. The van der Waals surface area contributed by atoms with Crippen molar-refractivity contribution in [1.82, 2.24) is 4.57 Å². The van der Waals surface area contributed by atoms with Crippen molar-refractivity contribution in [3.8, 4) is 0 Å². The first kappa shape index (κ1) is 27.3. The predicted molar refractivity (Wildman–Crippen MR) is 146 cm³/mol. The summed E-state index contributed by atoms with van der Waals surface area (Å²) >= 11 is 25.9. The molecular weight excluding hydrogens is 582 g/mol. The summed E-state index contributed by atoms with van der Waals surface area (Å²) < 4.78 is 11.9. The zero-order valence-electron chi connectivity index (χ0n) is 19.3. The van der Waals surface area contributed by atoms with Gasteiger partial charge in [-0.2, -0.15) is 0 Å². The SMILES string of the molecule is CCOC(=O)C1=c2s/c(=C/c3ccc(Cl)cc3Cl)c(=O)n2[C@@H](c2ccc(Cl)cc2Cl)C(C(=O)OC)=C1N. The van der Waals surface area contributed by atoms with E-state index in [1.165, 1.54) is 17.7 Å². The molecule has 192 valence electrons. The fourth-order valence-electron chi connectivity index (χ4n) is 3.94. The minimum Gasteiger partial charge on any atom is -0.466 e. The van der Waals surface area contributed by atoms with Gasteiger partial charge in [-0.25, -0.2) is 9.59 Å². The maximum Gasteiger partial charge on any atom is 0.343 e. The third-order valence-corrected chi connectivity index (χ3v) is 7.78. The van der Waals surface area contributed by atoms with E-state index in [4.69, 9.17) is 61.6 Å². The molecule has 2 heterocycles. The quantitative estimate of drug-likeness (QED) is 0.444. The number of hydrogen-bond donors (Lipinski definition) is 1. The molecule has 0 amide bonds. The second-order valence-electron chi connectivity index (χ2n) is 7.74. The number of benzene rings is 2. The summed E-state index contributed by atoms with van der Waals surface area (Å²) in [4.78, 5) is 39.9. The zero-order valence-corrected chi connectivity index (χ0v) is 23.2. The normalized spacial score (nSPS) is 15.6. The molecule has 0 unspecified atom stereocenters. The first-order valence-electron chi connectivity index (χ1n) is 10.7. The highest BCUT2D eigenvalue weighted by molar-refractivity contribution is 7.07. The van der Waals surface area contributed by atoms with Gasteiger partial charge in [0.25, 0.3) is 5.56 Å². The molecule has 12 heteroatoms. The van der Waals surface area contributed by atoms with Crippen molar-refractivity contribution in [2.75, 3.05) is 13.7 Å². The van der Waals surface area contributed by atoms with E-state index in [-0.39, 0.29) is 37.7 Å². The summed E-state index contributed by atoms with van der Waals surface area (Å²) in [6, 6.07) is 8.34. The highest BCUT2D eigenvalue weighted by Crippen LogP contribution is 2.36. The van der Waals surface area contributed by atoms with Crippen LogP contribution in [0, 0.1) is 0 Å². The Bertz CT molecular complexity index is 1660. The van der Waals surface area contributed by atoms with Gasteiger partial charge in [0.15, 0.2) is 0 Å². The molecular formula is C25H18Cl4N2O5S. The lowest BCUT2D eigenvalue weighted by Gasteiger charge is -2.27. The molecule has 1 aromatic heterocycles. The molecule has 0 saturated heterocycles. The molecule has 4 rings (SSSR count). The summed E-state index contributed by atoms with van der Waals surface area (Å²) in [7, 11) is 1.17. The van der Waals surface area contributed by atoms with E-state index in [0.29, 0.717) is 26.2 Å².